The van der Waals surface area contributed by atoms with Crippen molar-refractivity contribution >= 4 is 46.3 Å². The number of anilines is 2. The van der Waals surface area contributed by atoms with Crippen LogP contribution in [0.1, 0.15) is 19.4 Å². The summed E-state index contributed by atoms with van der Waals surface area (Å²) in [6.45, 7) is 6.86. The molecule has 0 amide bonds. The van der Waals surface area contributed by atoms with Crippen LogP contribution < -0.4 is 5.32 Å². The number of nitrogens with zero attached hydrogens (tertiary/aromatic N) is 2. The summed E-state index contributed by atoms with van der Waals surface area (Å²) in [7, 11) is 0. The van der Waals surface area contributed by atoms with E-state index in [9.17, 15) is 5.11 Å². The molecule has 3 rings (SSSR count). The molecule has 7 heteroatoms. The first-order valence-electron chi connectivity index (χ1n) is 8.46. The maximum atomic E-state index is 10.2. The molecule has 5 nitrogen and oxygen atoms in total. The van der Waals surface area contributed by atoms with Crippen molar-refractivity contribution < 1.29 is 10.6 Å². The van der Waals surface area contributed by atoms with Gasteiger partial charge in [-0.25, -0.2) is 0 Å². The Morgan fingerprint density at radius 1 is 1.07 bits per heavy atom. The fraction of sp³-hybridized carbons (Fsp3) is 0.250. The highest BCUT2D eigenvalue weighted by atomic mass is 35.5. The summed E-state index contributed by atoms with van der Waals surface area (Å²) in [4.78, 5) is 6.63. The molecule has 1 aromatic heterocycles. The number of fused-ring (bicyclic) bond motifs is 1. The molecule has 3 aromatic rings. The Morgan fingerprint density at radius 3 is 2.52 bits per heavy atom. The van der Waals surface area contributed by atoms with E-state index in [0.29, 0.717) is 10.8 Å². The minimum atomic E-state index is 0. The lowest BCUT2D eigenvalue weighted by atomic mass is 10.1. The average Bonchev–Trinajstić information content (AvgIpc) is 2.62. The number of phenolic OH excluding ortho intramolecular Hbond substituents is 1. The quantitative estimate of drug-likeness (QED) is 0.574. The lowest BCUT2D eigenvalue weighted by molar-refractivity contribution is 0.291. The van der Waals surface area contributed by atoms with E-state index in [1.54, 1.807) is 12.3 Å². The standard InChI is InChI=1S/C20H22ClN3O.ClH.H2O/c1-3-24(4-2)13-14-11-16(6-8-20(14)25)23-18-9-10-22-19-12-15(21)5-7-17(18)19;;/h5-12,25H,3-4,13H2,1-2H3,(H,22,23);1H;1H2. The fourth-order valence-corrected chi connectivity index (χ4v) is 3.03. The molecule has 146 valence electrons. The molecule has 0 radical (unpaired) electrons. The Kier molecular flexibility index (Phi) is 8.79. The number of halogens is 2. The van der Waals surface area contributed by atoms with Crippen LogP contribution in [0.5, 0.6) is 5.75 Å². The van der Waals surface area contributed by atoms with E-state index < -0.39 is 0 Å². The molecule has 0 aliphatic heterocycles. The van der Waals surface area contributed by atoms with E-state index in [-0.39, 0.29) is 17.9 Å². The van der Waals surface area contributed by atoms with Gasteiger partial charge in [0.15, 0.2) is 0 Å². The Morgan fingerprint density at radius 2 is 1.81 bits per heavy atom. The van der Waals surface area contributed by atoms with Gasteiger partial charge in [-0.15, -0.1) is 12.4 Å². The molecule has 0 fully saturated rings. The summed E-state index contributed by atoms with van der Waals surface area (Å²) in [6, 6.07) is 13.2. The zero-order valence-electron chi connectivity index (χ0n) is 15.4. The molecule has 0 atom stereocenters. The Labute approximate surface area is 170 Å². The van der Waals surface area contributed by atoms with Gasteiger partial charge in [-0.2, -0.15) is 0 Å². The van der Waals surface area contributed by atoms with Crippen LogP contribution in [0.3, 0.4) is 0 Å². The number of phenols is 1. The number of benzene rings is 2. The highest BCUT2D eigenvalue weighted by Crippen LogP contribution is 2.29. The van der Waals surface area contributed by atoms with E-state index in [2.05, 4.69) is 29.0 Å². The van der Waals surface area contributed by atoms with Gasteiger partial charge in [-0.3, -0.25) is 9.88 Å². The zero-order chi connectivity index (χ0) is 17.8. The molecule has 0 unspecified atom stereocenters. The van der Waals surface area contributed by atoms with Crippen molar-refractivity contribution in [1.29, 1.82) is 0 Å². The number of rotatable bonds is 6. The van der Waals surface area contributed by atoms with E-state index >= 15 is 0 Å². The van der Waals surface area contributed by atoms with Crippen molar-refractivity contribution in [2.24, 2.45) is 0 Å². The summed E-state index contributed by atoms with van der Waals surface area (Å²) >= 11 is 6.05. The van der Waals surface area contributed by atoms with Crippen LogP contribution in [0, 0.1) is 0 Å². The first kappa shape index (κ1) is 23.0. The molecule has 0 saturated carbocycles. The number of pyridine rings is 1. The third kappa shape index (κ3) is 5.47. The predicted molar refractivity (Wildman–Crippen MR) is 116 cm³/mol. The normalized spacial score (nSPS) is 10.4. The SMILES string of the molecule is CCN(CC)Cc1cc(Nc2ccnc3cc(Cl)ccc23)ccc1O.Cl.O. The predicted octanol–water partition coefficient (Wildman–Crippen LogP) is 4.78. The Hall–Kier alpha value is -2.05. The smallest absolute Gasteiger partial charge is 0.120 e. The molecule has 0 saturated heterocycles. The monoisotopic (exact) mass is 409 g/mol. The van der Waals surface area contributed by atoms with Crippen LogP contribution in [-0.4, -0.2) is 33.6 Å². The van der Waals surface area contributed by atoms with Crippen molar-refractivity contribution in [2.45, 2.75) is 20.4 Å². The van der Waals surface area contributed by atoms with Gasteiger partial charge in [-0.05, 0) is 55.6 Å². The second-order valence-electron chi connectivity index (χ2n) is 5.95. The van der Waals surface area contributed by atoms with Crippen molar-refractivity contribution in [3.05, 3.63) is 59.2 Å². The van der Waals surface area contributed by atoms with Crippen LogP contribution in [0.2, 0.25) is 5.02 Å². The molecule has 0 aliphatic rings. The van der Waals surface area contributed by atoms with Gasteiger partial charge < -0.3 is 15.9 Å². The number of aromatic nitrogens is 1. The van der Waals surface area contributed by atoms with E-state index in [1.807, 2.05) is 36.4 Å². The molecule has 2 aromatic carbocycles. The molecule has 0 spiro atoms. The van der Waals surface area contributed by atoms with Gasteiger partial charge in [0.05, 0.1) is 5.52 Å². The van der Waals surface area contributed by atoms with E-state index in [4.69, 9.17) is 11.6 Å². The van der Waals surface area contributed by atoms with Crippen molar-refractivity contribution in [1.82, 2.24) is 9.88 Å². The average molecular weight is 410 g/mol. The van der Waals surface area contributed by atoms with Gasteiger partial charge in [0.1, 0.15) is 5.75 Å². The first-order valence-corrected chi connectivity index (χ1v) is 8.84. The fourth-order valence-electron chi connectivity index (χ4n) is 2.86. The van der Waals surface area contributed by atoms with Gasteiger partial charge in [0.2, 0.25) is 0 Å². The van der Waals surface area contributed by atoms with Gasteiger partial charge in [0.25, 0.3) is 0 Å². The lowest BCUT2D eigenvalue weighted by Gasteiger charge is -2.19. The van der Waals surface area contributed by atoms with Crippen molar-refractivity contribution in [3.63, 3.8) is 0 Å². The van der Waals surface area contributed by atoms with Crippen LogP contribution in [0.25, 0.3) is 10.9 Å². The van der Waals surface area contributed by atoms with Crippen LogP contribution in [0.15, 0.2) is 48.7 Å². The maximum absolute atomic E-state index is 10.2. The van der Waals surface area contributed by atoms with Gasteiger partial charge in [0, 0.05) is 40.1 Å². The van der Waals surface area contributed by atoms with Crippen molar-refractivity contribution in [3.8, 4) is 5.75 Å². The second kappa shape index (κ2) is 10.3. The Bertz CT molecular complexity index is 886. The van der Waals surface area contributed by atoms with Crippen LogP contribution in [-0.2, 0) is 6.54 Å². The molecule has 0 aliphatic carbocycles. The molecular weight excluding hydrogens is 385 g/mol. The first-order chi connectivity index (χ1) is 12.1. The minimum absolute atomic E-state index is 0. The zero-order valence-corrected chi connectivity index (χ0v) is 16.9. The van der Waals surface area contributed by atoms with E-state index in [1.165, 1.54) is 0 Å². The van der Waals surface area contributed by atoms with Crippen molar-refractivity contribution in [2.75, 3.05) is 18.4 Å². The molecule has 1 heterocycles. The molecule has 4 N–H and O–H groups in total. The highest BCUT2D eigenvalue weighted by Gasteiger charge is 2.09. The van der Waals surface area contributed by atoms with Crippen LogP contribution in [0.4, 0.5) is 11.4 Å². The topological polar surface area (TPSA) is 79.9 Å². The highest BCUT2D eigenvalue weighted by molar-refractivity contribution is 6.31. The van der Waals surface area contributed by atoms with E-state index in [0.717, 1.165) is 47.5 Å². The minimum Gasteiger partial charge on any atom is -0.508 e. The third-order valence-corrected chi connectivity index (χ3v) is 4.59. The molecular formula is C20H25Cl2N3O2. The number of aromatic hydroxyl groups is 1. The summed E-state index contributed by atoms with van der Waals surface area (Å²) in [5.74, 6) is 0.323. The summed E-state index contributed by atoms with van der Waals surface area (Å²) in [5, 5.41) is 15.3. The summed E-state index contributed by atoms with van der Waals surface area (Å²) in [5.41, 5.74) is 3.65. The number of nitrogens with one attached hydrogen (secondary N) is 1. The maximum Gasteiger partial charge on any atom is 0.120 e. The number of hydrogen-bond donors (Lipinski definition) is 2. The summed E-state index contributed by atoms with van der Waals surface area (Å²) < 4.78 is 0. The number of hydrogen-bond acceptors (Lipinski definition) is 4. The van der Waals surface area contributed by atoms with Crippen LogP contribution >= 0.6 is 24.0 Å². The largest absolute Gasteiger partial charge is 0.508 e. The lowest BCUT2D eigenvalue weighted by Crippen LogP contribution is -2.22. The van der Waals surface area contributed by atoms with Gasteiger partial charge >= 0.3 is 0 Å². The Balaban J connectivity index is 0.00000182. The summed E-state index contributed by atoms with van der Waals surface area (Å²) in [6.07, 6.45) is 1.76. The second-order valence-corrected chi connectivity index (χ2v) is 6.39. The third-order valence-electron chi connectivity index (χ3n) is 4.35. The molecule has 27 heavy (non-hydrogen) atoms. The van der Waals surface area contributed by atoms with Gasteiger partial charge in [-0.1, -0.05) is 25.4 Å². The molecule has 0 bridgehead atoms.